The molecule has 0 aromatic carbocycles. The van der Waals surface area contributed by atoms with E-state index in [2.05, 4.69) is 15.5 Å². The molecule has 0 bridgehead atoms. The number of nitrogens with zero attached hydrogens (tertiary/aromatic N) is 3. The molecule has 0 aliphatic carbocycles. The van der Waals surface area contributed by atoms with Crippen molar-refractivity contribution in [1.29, 1.82) is 5.41 Å². The molecule has 7 N–H and O–H groups in total. The first-order valence-corrected chi connectivity index (χ1v) is 12.2. The van der Waals surface area contributed by atoms with Crippen LogP contribution >= 0.6 is 34.9 Å². The number of amides is 2. The fourth-order valence-electron chi connectivity index (χ4n) is 3.02. The van der Waals surface area contributed by atoms with E-state index in [9.17, 15) is 19.5 Å². The van der Waals surface area contributed by atoms with Crippen LogP contribution in [0, 0.1) is 5.41 Å². The van der Waals surface area contributed by atoms with Crippen molar-refractivity contribution < 1.29 is 24.3 Å². The molecule has 3 rings (SSSR count). The lowest BCUT2D eigenvalue weighted by Crippen LogP contribution is -2.71. The maximum absolute atomic E-state index is 12.8. The summed E-state index contributed by atoms with van der Waals surface area (Å²) in [5, 5.41) is 26.1. The van der Waals surface area contributed by atoms with Gasteiger partial charge in [0.15, 0.2) is 10.8 Å². The molecule has 0 spiro atoms. The SMILES string of the molecule is CO/N=C(\C(=O)NC1C(=O)N2C(C(=O)O)=C(S/C=C\CCC(=N)N)CS[C@H]12)c1csc(N)n1. The summed E-state index contributed by atoms with van der Waals surface area (Å²) < 4.78 is 0. The summed E-state index contributed by atoms with van der Waals surface area (Å²) in [4.78, 5) is 47.9. The molecule has 2 amide bonds. The van der Waals surface area contributed by atoms with E-state index in [-0.39, 0.29) is 28.1 Å². The molecule has 2 aliphatic heterocycles. The van der Waals surface area contributed by atoms with Gasteiger partial charge in [-0.15, -0.1) is 23.1 Å². The summed E-state index contributed by atoms with van der Waals surface area (Å²) in [6.07, 6.45) is 2.76. The quantitative estimate of drug-likeness (QED) is 0.129. The first-order chi connectivity index (χ1) is 15.7. The number of carboxylic acid groups (broad SMARTS) is 1. The van der Waals surface area contributed by atoms with E-state index < -0.39 is 29.2 Å². The average molecular weight is 512 g/mol. The highest BCUT2D eigenvalue weighted by Gasteiger charge is 2.54. The van der Waals surface area contributed by atoms with E-state index in [0.29, 0.717) is 23.5 Å². The molecule has 1 fully saturated rings. The number of oxime groups is 1. The topological polar surface area (TPSA) is 197 Å². The third-order valence-corrected chi connectivity index (χ3v) is 7.56. The number of carbonyl (C=O) groups excluding carboxylic acids is 2. The number of carbonyl (C=O) groups is 3. The van der Waals surface area contributed by atoms with Crippen molar-refractivity contribution in [3.05, 3.63) is 33.2 Å². The number of β-lactam (4-membered cyclic amide) rings is 1. The number of nitrogens with two attached hydrogens (primary N) is 2. The first kappa shape index (κ1) is 24.6. The van der Waals surface area contributed by atoms with E-state index in [1.165, 1.54) is 40.9 Å². The van der Waals surface area contributed by atoms with Crippen LogP contribution in [0.3, 0.4) is 0 Å². The van der Waals surface area contributed by atoms with Gasteiger partial charge in [-0.25, -0.2) is 9.78 Å². The van der Waals surface area contributed by atoms with Gasteiger partial charge in [-0.3, -0.25) is 19.9 Å². The summed E-state index contributed by atoms with van der Waals surface area (Å²) in [7, 11) is 1.27. The molecule has 33 heavy (non-hydrogen) atoms. The number of nitrogen functional groups attached to an aromatic ring is 1. The summed E-state index contributed by atoms with van der Waals surface area (Å²) in [6, 6.07) is -0.924. The van der Waals surface area contributed by atoms with Crippen LogP contribution in [0.4, 0.5) is 5.13 Å². The van der Waals surface area contributed by atoms with Crippen LogP contribution in [-0.4, -0.2) is 68.6 Å². The Morgan fingerprint density at radius 1 is 1.55 bits per heavy atom. The molecule has 12 nitrogen and oxygen atoms in total. The van der Waals surface area contributed by atoms with E-state index in [4.69, 9.17) is 21.7 Å². The molecule has 2 aliphatic rings. The van der Waals surface area contributed by atoms with Crippen molar-refractivity contribution in [2.45, 2.75) is 24.3 Å². The maximum atomic E-state index is 12.8. The number of fused-ring (bicyclic) bond motifs is 1. The molecule has 176 valence electrons. The second-order valence-electron chi connectivity index (χ2n) is 6.68. The molecular formula is C18H21N7O5S3. The van der Waals surface area contributed by atoms with Crippen LogP contribution in [-0.2, 0) is 19.2 Å². The van der Waals surface area contributed by atoms with Crippen molar-refractivity contribution in [2.75, 3.05) is 18.6 Å². The minimum atomic E-state index is -1.22. The van der Waals surface area contributed by atoms with Crippen LogP contribution in [0.25, 0.3) is 0 Å². The average Bonchev–Trinajstić information content (AvgIpc) is 3.20. The molecule has 2 atom stereocenters. The zero-order valence-corrected chi connectivity index (χ0v) is 19.8. The fourth-order valence-corrected chi connectivity index (χ4v) is 5.93. The molecular weight excluding hydrogens is 490 g/mol. The number of rotatable bonds is 10. The van der Waals surface area contributed by atoms with Crippen molar-refractivity contribution in [1.82, 2.24) is 15.2 Å². The van der Waals surface area contributed by atoms with Gasteiger partial charge in [-0.1, -0.05) is 23.0 Å². The second kappa shape index (κ2) is 10.7. The minimum Gasteiger partial charge on any atom is -0.477 e. The largest absolute Gasteiger partial charge is 0.477 e. The Hall–Kier alpha value is -3.04. The Morgan fingerprint density at radius 2 is 2.30 bits per heavy atom. The highest BCUT2D eigenvalue weighted by atomic mass is 32.2. The number of thioether (sulfide) groups is 2. The number of carboxylic acids is 1. The number of hydrogen-bond donors (Lipinski definition) is 5. The van der Waals surface area contributed by atoms with Gasteiger partial charge in [0.05, 0.1) is 5.84 Å². The number of aliphatic carboxylic acids is 1. The molecule has 0 radical (unpaired) electrons. The molecule has 1 unspecified atom stereocenters. The van der Waals surface area contributed by atoms with Crippen LogP contribution < -0.4 is 16.8 Å². The van der Waals surface area contributed by atoms with Gasteiger partial charge in [-0.2, -0.15) is 0 Å². The van der Waals surface area contributed by atoms with Crippen LogP contribution in [0.1, 0.15) is 18.5 Å². The van der Waals surface area contributed by atoms with E-state index in [1.54, 1.807) is 11.5 Å². The lowest BCUT2D eigenvalue weighted by atomic mass is 10.0. The molecule has 1 aromatic heterocycles. The molecule has 1 saturated heterocycles. The number of thiazole rings is 1. The van der Waals surface area contributed by atoms with Crippen molar-refractivity contribution >= 4 is 69.3 Å². The van der Waals surface area contributed by atoms with Crippen molar-refractivity contribution in [3.8, 4) is 0 Å². The highest BCUT2D eigenvalue weighted by Crippen LogP contribution is 2.43. The predicted molar refractivity (Wildman–Crippen MR) is 128 cm³/mol. The van der Waals surface area contributed by atoms with E-state index in [1.807, 2.05) is 0 Å². The molecule has 0 saturated carbocycles. The fraction of sp³-hybridized carbons (Fsp3) is 0.333. The van der Waals surface area contributed by atoms with E-state index >= 15 is 0 Å². The van der Waals surface area contributed by atoms with Crippen LogP contribution in [0.15, 0.2) is 32.6 Å². The van der Waals surface area contributed by atoms with Crippen molar-refractivity contribution in [2.24, 2.45) is 10.9 Å². The van der Waals surface area contributed by atoms with Crippen LogP contribution in [0.5, 0.6) is 0 Å². The van der Waals surface area contributed by atoms with Gasteiger partial charge >= 0.3 is 5.97 Å². The highest BCUT2D eigenvalue weighted by molar-refractivity contribution is 8.08. The van der Waals surface area contributed by atoms with Gasteiger partial charge in [0.1, 0.15) is 29.9 Å². The van der Waals surface area contributed by atoms with Gasteiger partial charge < -0.3 is 26.7 Å². The Labute approximate surface area is 201 Å². The number of amidine groups is 1. The summed E-state index contributed by atoms with van der Waals surface area (Å²) >= 11 is 3.67. The molecule has 3 heterocycles. The Balaban J connectivity index is 1.71. The van der Waals surface area contributed by atoms with Crippen LogP contribution in [0.2, 0.25) is 0 Å². The lowest BCUT2D eigenvalue weighted by Gasteiger charge is -2.49. The Kier molecular flexibility index (Phi) is 7.99. The van der Waals surface area contributed by atoms with Crippen molar-refractivity contribution in [3.63, 3.8) is 0 Å². The van der Waals surface area contributed by atoms with E-state index in [0.717, 1.165) is 11.3 Å². The molecule has 15 heteroatoms. The summed E-state index contributed by atoms with van der Waals surface area (Å²) in [5.41, 5.74) is 10.9. The smallest absolute Gasteiger partial charge is 0.353 e. The maximum Gasteiger partial charge on any atom is 0.353 e. The number of allylic oxidation sites excluding steroid dienone is 1. The number of anilines is 1. The lowest BCUT2D eigenvalue weighted by molar-refractivity contribution is -0.150. The Morgan fingerprint density at radius 3 is 2.91 bits per heavy atom. The van der Waals surface area contributed by atoms with Gasteiger partial charge in [-0.05, 0) is 11.8 Å². The number of nitrogens with one attached hydrogen (secondary N) is 2. The predicted octanol–water partition coefficient (Wildman–Crippen LogP) is 0.735. The third kappa shape index (κ3) is 5.48. The standard InChI is InChI=1S/C18H21N7O5S3/c1-30-24-11(8-6-33-18(21)22-8)14(26)23-12-15(27)25-13(17(28)29)9(7-32-16(12)25)31-5-3-2-4-10(19)20/h3,5-6,12,16H,2,4,7H2,1H3,(H3,19,20)(H2,21,22)(H,23,26)(H,28,29)/b5-3-,24-11-/t12?,16-/m1/s1. The van der Waals surface area contributed by atoms with Gasteiger partial charge in [0, 0.05) is 22.5 Å². The third-order valence-electron chi connectivity index (χ3n) is 4.47. The molecule has 1 aromatic rings. The minimum absolute atomic E-state index is 0.0716. The monoisotopic (exact) mass is 511 g/mol. The normalized spacial score (nSPS) is 20.5. The van der Waals surface area contributed by atoms with Gasteiger partial charge in [0.25, 0.3) is 11.8 Å². The Bertz CT molecular complexity index is 1070. The number of aromatic nitrogens is 1. The zero-order valence-electron chi connectivity index (χ0n) is 17.3. The second-order valence-corrected chi connectivity index (χ2v) is 9.68. The first-order valence-electron chi connectivity index (χ1n) is 9.43. The zero-order chi connectivity index (χ0) is 24.1. The number of hydrogen-bond acceptors (Lipinski definition) is 11. The summed E-state index contributed by atoms with van der Waals surface area (Å²) in [5.74, 6) is -2.02. The summed E-state index contributed by atoms with van der Waals surface area (Å²) in [6.45, 7) is 0. The van der Waals surface area contributed by atoms with Gasteiger partial charge in [0.2, 0.25) is 0 Å².